The van der Waals surface area contributed by atoms with E-state index in [0.29, 0.717) is 16.0 Å². The van der Waals surface area contributed by atoms with Crippen molar-refractivity contribution in [2.45, 2.75) is 20.8 Å². The molecule has 1 aromatic carbocycles. The molecule has 0 aliphatic carbocycles. The normalized spacial score (nSPS) is 9.67. The van der Waals surface area contributed by atoms with E-state index < -0.39 is 0 Å². The molecule has 1 heterocycles. The van der Waals surface area contributed by atoms with Crippen LogP contribution >= 0.6 is 11.3 Å². The fraction of sp³-hybridized carbons (Fsp3) is 0.364. The van der Waals surface area contributed by atoms with Gasteiger partial charge in [-0.2, -0.15) is 0 Å². The molecule has 1 aromatic heterocycles. The largest absolute Gasteiger partial charge is 0.494 e. The van der Waals surface area contributed by atoms with E-state index in [0.717, 1.165) is 5.01 Å². The number of aromatic nitrogens is 1. The SMILES string of the molecule is CC.COc1ccc(F)c2sc(C)nc12. The second-order valence-corrected chi connectivity index (χ2v) is 3.86. The van der Waals surface area contributed by atoms with E-state index >= 15 is 0 Å². The predicted octanol–water partition coefficient (Wildman–Crippen LogP) is 3.78. The van der Waals surface area contributed by atoms with Crippen LogP contribution in [0, 0.1) is 12.7 Å². The first-order valence-electron chi connectivity index (χ1n) is 4.82. The molecule has 0 saturated carbocycles. The van der Waals surface area contributed by atoms with E-state index in [4.69, 9.17) is 4.74 Å². The quantitative estimate of drug-likeness (QED) is 0.739. The topological polar surface area (TPSA) is 22.1 Å². The minimum Gasteiger partial charge on any atom is -0.494 e. The van der Waals surface area contributed by atoms with E-state index in [2.05, 4.69) is 4.98 Å². The highest BCUT2D eigenvalue weighted by Crippen LogP contribution is 2.31. The van der Waals surface area contributed by atoms with Crippen molar-refractivity contribution >= 4 is 21.6 Å². The molecule has 2 rings (SSSR count). The zero-order chi connectivity index (χ0) is 11.4. The number of hydrogen-bond donors (Lipinski definition) is 0. The number of fused-ring (bicyclic) bond motifs is 1. The van der Waals surface area contributed by atoms with Gasteiger partial charge in [-0.3, -0.25) is 0 Å². The number of methoxy groups -OCH3 is 1. The van der Waals surface area contributed by atoms with E-state index in [1.807, 2.05) is 20.8 Å². The average molecular weight is 227 g/mol. The van der Waals surface area contributed by atoms with Gasteiger partial charge in [-0.1, -0.05) is 13.8 Å². The van der Waals surface area contributed by atoms with E-state index in [1.165, 1.54) is 17.4 Å². The van der Waals surface area contributed by atoms with Crippen LogP contribution in [0.3, 0.4) is 0 Å². The molecule has 0 spiro atoms. The van der Waals surface area contributed by atoms with Crippen molar-refractivity contribution < 1.29 is 9.13 Å². The Morgan fingerprint density at radius 3 is 2.60 bits per heavy atom. The highest BCUT2D eigenvalue weighted by Gasteiger charge is 2.10. The Balaban J connectivity index is 0.000000531. The second-order valence-electron chi connectivity index (χ2n) is 2.66. The summed E-state index contributed by atoms with van der Waals surface area (Å²) in [5, 5.41) is 0.846. The van der Waals surface area contributed by atoms with Gasteiger partial charge < -0.3 is 4.74 Å². The molecule has 0 amide bonds. The smallest absolute Gasteiger partial charge is 0.146 e. The monoisotopic (exact) mass is 227 g/mol. The van der Waals surface area contributed by atoms with Crippen molar-refractivity contribution in [3.05, 3.63) is 23.0 Å². The molecule has 0 aliphatic rings. The van der Waals surface area contributed by atoms with Gasteiger partial charge in [-0.15, -0.1) is 11.3 Å². The molecule has 2 nitrogen and oxygen atoms in total. The summed E-state index contributed by atoms with van der Waals surface area (Å²) in [6, 6.07) is 3.00. The molecule has 0 fully saturated rings. The van der Waals surface area contributed by atoms with Crippen LogP contribution in [0.4, 0.5) is 4.39 Å². The van der Waals surface area contributed by atoms with Gasteiger partial charge in [-0.05, 0) is 19.1 Å². The molecule has 0 unspecified atom stereocenters. The summed E-state index contributed by atoms with van der Waals surface area (Å²) < 4.78 is 18.9. The van der Waals surface area contributed by atoms with Crippen LogP contribution in [0.5, 0.6) is 5.75 Å². The zero-order valence-electron chi connectivity index (χ0n) is 9.30. The number of hydrogen-bond acceptors (Lipinski definition) is 3. The lowest BCUT2D eigenvalue weighted by Crippen LogP contribution is -1.85. The molecule has 2 aromatic rings. The van der Waals surface area contributed by atoms with Crippen LogP contribution in [0.1, 0.15) is 18.9 Å². The van der Waals surface area contributed by atoms with E-state index in [-0.39, 0.29) is 5.82 Å². The third-order valence-electron chi connectivity index (χ3n) is 1.79. The molecule has 0 bridgehead atoms. The zero-order valence-corrected chi connectivity index (χ0v) is 10.1. The highest BCUT2D eigenvalue weighted by atomic mass is 32.1. The number of rotatable bonds is 1. The van der Waals surface area contributed by atoms with Gasteiger partial charge in [0, 0.05) is 0 Å². The lowest BCUT2D eigenvalue weighted by atomic mass is 10.3. The summed E-state index contributed by atoms with van der Waals surface area (Å²) in [6.07, 6.45) is 0. The van der Waals surface area contributed by atoms with Gasteiger partial charge in [-0.25, -0.2) is 9.37 Å². The maximum atomic E-state index is 13.2. The van der Waals surface area contributed by atoms with Crippen molar-refractivity contribution in [2.75, 3.05) is 7.11 Å². The van der Waals surface area contributed by atoms with Gasteiger partial charge in [0.05, 0.1) is 16.8 Å². The van der Waals surface area contributed by atoms with Crippen LogP contribution < -0.4 is 4.74 Å². The Bertz CT molecular complexity index is 453. The number of nitrogens with zero attached hydrogens (tertiary/aromatic N) is 1. The van der Waals surface area contributed by atoms with Crippen LogP contribution in [-0.2, 0) is 0 Å². The molecule has 82 valence electrons. The van der Waals surface area contributed by atoms with Gasteiger partial charge in [0.1, 0.15) is 17.1 Å². The second kappa shape index (κ2) is 5.07. The Hall–Kier alpha value is -1.16. The summed E-state index contributed by atoms with van der Waals surface area (Å²) in [5.41, 5.74) is 0.616. The minimum atomic E-state index is -0.235. The molecule has 4 heteroatoms. The number of aryl methyl sites for hydroxylation is 1. The van der Waals surface area contributed by atoms with Crippen molar-refractivity contribution in [3.8, 4) is 5.75 Å². The summed E-state index contributed by atoms with van der Waals surface area (Å²) in [5.74, 6) is 0.391. The summed E-state index contributed by atoms with van der Waals surface area (Å²) in [4.78, 5) is 4.20. The van der Waals surface area contributed by atoms with Crippen LogP contribution in [0.25, 0.3) is 10.2 Å². The number of ether oxygens (including phenoxy) is 1. The van der Waals surface area contributed by atoms with Crippen molar-refractivity contribution in [2.24, 2.45) is 0 Å². The molecule has 0 saturated heterocycles. The first kappa shape index (κ1) is 11.9. The minimum absolute atomic E-state index is 0.235. The number of thiazole rings is 1. The first-order chi connectivity index (χ1) is 7.22. The Kier molecular flexibility index (Phi) is 4.03. The predicted molar refractivity (Wildman–Crippen MR) is 62.2 cm³/mol. The average Bonchev–Trinajstić information content (AvgIpc) is 2.64. The fourth-order valence-electron chi connectivity index (χ4n) is 1.22. The summed E-state index contributed by atoms with van der Waals surface area (Å²) in [7, 11) is 1.56. The fourth-order valence-corrected chi connectivity index (χ4v) is 2.06. The number of halogens is 1. The van der Waals surface area contributed by atoms with Gasteiger partial charge >= 0.3 is 0 Å². The molecule has 0 N–H and O–H groups in total. The first-order valence-corrected chi connectivity index (χ1v) is 5.63. The lowest BCUT2D eigenvalue weighted by molar-refractivity contribution is 0.418. The van der Waals surface area contributed by atoms with Gasteiger partial charge in [0.15, 0.2) is 0 Å². The van der Waals surface area contributed by atoms with E-state index in [9.17, 15) is 4.39 Å². The van der Waals surface area contributed by atoms with Crippen LogP contribution in [-0.4, -0.2) is 12.1 Å². The van der Waals surface area contributed by atoms with E-state index in [1.54, 1.807) is 13.2 Å². The summed E-state index contributed by atoms with van der Waals surface area (Å²) in [6.45, 7) is 5.85. The Morgan fingerprint density at radius 2 is 2.00 bits per heavy atom. The third kappa shape index (κ3) is 2.26. The van der Waals surface area contributed by atoms with Crippen LogP contribution in [0.15, 0.2) is 12.1 Å². The van der Waals surface area contributed by atoms with Crippen molar-refractivity contribution in [1.82, 2.24) is 4.98 Å². The highest BCUT2D eigenvalue weighted by molar-refractivity contribution is 7.18. The summed E-state index contributed by atoms with van der Waals surface area (Å²) >= 11 is 1.34. The van der Waals surface area contributed by atoms with Crippen molar-refractivity contribution in [3.63, 3.8) is 0 Å². The standard InChI is InChI=1S/C9H8FNOS.C2H6/c1-5-11-8-7(12-2)4-3-6(10)9(8)13-5;1-2/h3-4H,1-2H3;1-2H3. The molecule has 0 aliphatic heterocycles. The molecule has 15 heavy (non-hydrogen) atoms. The Labute approximate surface area is 92.7 Å². The maximum Gasteiger partial charge on any atom is 0.146 e. The van der Waals surface area contributed by atoms with Crippen molar-refractivity contribution in [1.29, 1.82) is 0 Å². The molecule has 0 radical (unpaired) electrons. The maximum absolute atomic E-state index is 13.2. The third-order valence-corrected chi connectivity index (χ3v) is 2.76. The Morgan fingerprint density at radius 1 is 1.33 bits per heavy atom. The van der Waals surface area contributed by atoms with Crippen LogP contribution in [0.2, 0.25) is 0 Å². The number of benzene rings is 1. The molecular formula is C11H14FNOS. The lowest BCUT2D eigenvalue weighted by Gasteiger charge is -1.99. The van der Waals surface area contributed by atoms with Gasteiger partial charge in [0.2, 0.25) is 0 Å². The molecule has 0 atom stereocenters. The molecular weight excluding hydrogens is 213 g/mol. The van der Waals surface area contributed by atoms with Gasteiger partial charge in [0.25, 0.3) is 0 Å².